The SMILES string of the molecule is O=C(NCc1nnc(CCl)o1)NC[C@H]1CN(Cc2ccc(Cl)c(Cl)c2)CCO1. The summed E-state index contributed by atoms with van der Waals surface area (Å²) in [6.45, 7) is 3.36. The second-order valence-corrected chi connectivity index (χ2v) is 7.34. The Morgan fingerprint density at radius 3 is 2.79 bits per heavy atom. The summed E-state index contributed by atoms with van der Waals surface area (Å²) in [6.07, 6.45) is -0.103. The molecule has 0 bridgehead atoms. The minimum Gasteiger partial charge on any atom is -0.422 e. The van der Waals surface area contributed by atoms with Gasteiger partial charge >= 0.3 is 6.03 Å². The van der Waals surface area contributed by atoms with Gasteiger partial charge in [0.2, 0.25) is 11.8 Å². The van der Waals surface area contributed by atoms with Crippen molar-refractivity contribution >= 4 is 40.8 Å². The number of morpholine rings is 1. The normalized spacial score (nSPS) is 17.5. The third kappa shape index (κ3) is 6.22. The van der Waals surface area contributed by atoms with Crippen LogP contribution >= 0.6 is 34.8 Å². The fraction of sp³-hybridized carbons (Fsp3) is 0.471. The third-order valence-corrected chi connectivity index (χ3v) is 5.09. The molecular weight excluding hydrogens is 429 g/mol. The van der Waals surface area contributed by atoms with Crippen molar-refractivity contribution in [1.82, 2.24) is 25.7 Å². The molecule has 2 amide bonds. The minimum absolute atomic E-state index is 0.103. The summed E-state index contributed by atoms with van der Waals surface area (Å²) in [6, 6.07) is 5.28. The van der Waals surface area contributed by atoms with Crippen molar-refractivity contribution in [2.75, 3.05) is 26.2 Å². The number of benzene rings is 1. The minimum atomic E-state index is -0.337. The molecule has 1 saturated heterocycles. The van der Waals surface area contributed by atoms with Crippen molar-refractivity contribution in [3.05, 3.63) is 45.6 Å². The highest BCUT2D eigenvalue weighted by molar-refractivity contribution is 6.42. The predicted molar refractivity (Wildman–Crippen MR) is 106 cm³/mol. The predicted octanol–water partition coefficient (Wildman–Crippen LogP) is 2.82. The van der Waals surface area contributed by atoms with Crippen LogP contribution in [-0.2, 0) is 23.7 Å². The van der Waals surface area contributed by atoms with Crippen molar-refractivity contribution in [2.45, 2.75) is 25.1 Å². The smallest absolute Gasteiger partial charge is 0.315 e. The Morgan fingerprint density at radius 1 is 1.21 bits per heavy atom. The molecule has 2 heterocycles. The molecule has 1 atom stereocenters. The van der Waals surface area contributed by atoms with Gasteiger partial charge in [-0.1, -0.05) is 29.3 Å². The summed E-state index contributed by atoms with van der Waals surface area (Å²) in [7, 11) is 0. The molecule has 0 radical (unpaired) electrons. The molecule has 2 N–H and O–H groups in total. The van der Waals surface area contributed by atoms with Crippen LogP contribution in [0.5, 0.6) is 0 Å². The summed E-state index contributed by atoms with van der Waals surface area (Å²) < 4.78 is 11.0. The monoisotopic (exact) mass is 447 g/mol. The van der Waals surface area contributed by atoms with Crippen LogP contribution in [0.1, 0.15) is 17.3 Å². The van der Waals surface area contributed by atoms with E-state index >= 15 is 0 Å². The van der Waals surface area contributed by atoms with Gasteiger partial charge in [0.25, 0.3) is 0 Å². The second-order valence-electron chi connectivity index (χ2n) is 6.26. The molecule has 3 rings (SSSR count). The topological polar surface area (TPSA) is 92.5 Å². The maximum atomic E-state index is 11.9. The fourth-order valence-corrected chi connectivity index (χ4v) is 3.21. The van der Waals surface area contributed by atoms with E-state index in [-0.39, 0.29) is 24.6 Å². The van der Waals surface area contributed by atoms with Crippen LogP contribution in [0.2, 0.25) is 10.0 Å². The van der Waals surface area contributed by atoms with Crippen LogP contribution < -0.4 is 10.6 Å². The molecule has 2 aromatic rings. The number of alkyl halides is 1. The average Bonchev–Trinajstić information content (AvgIpc) is 3.16. The van der Waals surface area contributed by atoms with Gasteiger partial charge in [-0.2, -0.15) is 0 Å². The number of carbonyl (C=O) groups is 1. The number of rotatable bonds is 7. The van der Waals surface area contributed by atoms with Crippen molar-refractivity contribution in [3.63, 3.8) is 0 Å². The highest BCUT2D eigenvalue weighted by atomic mass is 35.5. The lowest BCUT2D eigenvalue weighted by Gasteiger charge is -2.33. The summed E-state index contributed by atoms with van der Waals surface area (Å²) >= 11 is 17.6. The Kier molecular flexibility index (Phi) is 7.75. The maximum Gasteiger partial charge on any atom is 0.315 e. The summed E-state index contributed by atoms with van der Waals surface area (Å²) in [5.74, 6) is 0.751. The Balaban J connectivity index is 1.40. The molecule has 152 valence electrons. The number of nitrogens with one attached hydrogen (secondary N) is 2. The number of hydrogen-bond donors (Lipinski definition) is 2. The van der Waals surface area contributed by atoms with Gasteiger partial charge in [0.1, 0.15) is 5.88 Å². The lowest BCUT2D eigenvalue weighted by molar-refractivity contribution is -0.0287. The van der Waals surface area contributed by atoms with E-state index in [9.17, 15) is 4.79 Å². The number of aromatic nitrogens is 2. The van der Waals surface area contributed by atoms with Gasteiger partial charge in [0.15, 0.2) is 0 Å². The number of hydrogen-bond acceptors (Lipinski definition) is 6. The Morgan fingerprint density at radius 2 is 2.04 bits per heavy atom. The molecule has 1 fully saturated rings. The number of nitrogens with zero attached hydrogens (tertiary/aromatic N) is 3. The first-order chi connectivity index (χ1) is 13.5. The largest absolute Gasteiger partial charge is 0.422 e. The molecule has 0 spiro atoms. The van der Waals surface area contributed by atoms with E-state index in [1.54, 1.807) is 6.07 Å². The van der Waals surface area contributed by atoms with E-state index in [1.165, 1.54) is 0 Å². The number of urea groups is 1. The van der Waals surface area contributed by atoms with Gasteiger partial charge in [-0.25, -0.2) is 4.79 Å². The first-order valence-electron chi connectivity index (χ1n) is 8.70. The van der Waals surface area contributed by atoms with Crippen molar-refractivity contribution in [2.24, 2.45) is 0 Å². The standard InChI is InChI=1S/C17H20Cl3N5O3/c18-6-15-23-24-16(28-15)8-22-17(26)21-7-12-10-25(3-4-27-12)9-11-1-2-13(19)14(20)5-11/h1-2,5,12H,3-4,6-10H2,(H2,21,22,26)/t12-/m0/s1. The second kappa shape index (κ2) is 10.3. The fourth-order valence-electron chi connectivity index (χ4n) is 2.78. The highest BCUT2D eigenvalue weighted by Gasteiger charge is 2.21. The zero-order valence-electron chi connectivity index (χ0n) is 15.0. The van der Waals surface area contributed by atoms with Crippen LogP contribution in [0, 0.1) is 0 Å². The van der Waals surface area contributed by atoms with Crippen LogP contribution in [-0.4, -0.2) is 53.5 Å². The maximum absolute atomic E-state index is 11.9. The summed E-state index contributed by atoms with van der Waals surface area (Å²) in [5, 5.41) is 14.0. The van der Waals surface area contributed by atoms with E-state index < -0.39 is 0 Å². The van der Waals surface area contributed by atoms with Crippen LogP contribution in [0.15, 0.2) is 22.6 Å². The Bertz CT molecular complexity index is 804. The van der Waals surface area contributed by atoms with Gasteiger partial charge in [-0.15, -0.1) is 21.8 Å². The summed E-state index contributed by atoms with van der Waals surface area (Å²) in [5.41, 5.74) is 1.08. The van der Waals surface area contributed by atoms with Crippen molar-refractivity contribution < 1.29 is 13.9 Å². The van der Waals surface area contributed by atoms with Gasteiger partial charge < -0.3 is 19.8 Å². The van der Waals surface area contributed by atoms with Crippen LogP contribution in [0.4, 0.5) is 4.79 Å². The molecule has 8 nitrogen and oxygen atoms in total. The van der Waals surface area contributed by atoms with E-state index in [0.29, 0.717) is 41.5 Å². The van der Waals surface area contributed by atoms with E-state index in [2.05, 4.69) is 25.7 Å². The number of carbonyl (C=O) groups excluding carboxylic acids is 1. The zero-order chi connectivity index (χ0) is 19.9. The third-order valence-electron chi connectivity index (χ3n) is 4.13. The Hall–Kier alpha value is -1.58. The van der Waals surface area contributed by atoms with Crippen molar-refractivity contribution in [1.29, 1.82) is 0 Å². The molecule has 0 unspecified atom stereocenters. The molecule has 28 heavy (non-hydrogen) atoms. The molecular formula is C17H20Cl3N5O3. The van der Waals surface area contributed by atoms with E-state index in [4.69, 9.17) is 44.0 Å². The molecule has 11 heteroatoms. The zero-order valence-corrected chi connectivity index (χ0v) is 17.2. The van der Waals surface area contributed by atoms with Gasteiger partial charge in [0.05, 0.1) is 29.3 Å². The molecule has 1 aromatic carbocycles. The summed E-state index contributed by atoms with van der Waals surface area (Å²) in [4.78, 5) is 14.2. The van der Waals surface area contributed by atoms with Crippen LogP contribution in [0.25, 0.3) is 0 Å². The van der Waals surface area contributed by atoms with Gasteiger partial charge in [-0.3, -0.25) is 4.90 Å². The average molecular weight is 449 g/mol. The molecule has 1 aromatic heterocycles. The Labute approximate surface area is 177 Å². The highest BCUT2D eigenvalue weighted by Crippen LogP contribution is 2.23. The molecule has 0 saturated carbocycles. The number of halogens is 3. The number of amides is 2. The van der Waals surface area contributed by atoms with Gasteiger partial charge in [0, 0.05) is 26.2 Å². The van der Waals surface area contributed by atoms with E-state index in [0.717, 1.165) is 18.7 Å². The molecule has 1 aliphatic heterocycles. The van der Waals surface area contributed by atoms with Crippen molar-refractivity contribution in [3.8, 4) is 0 Å². The quantitative estimate of drug-likeness (QED) is 0.633. The molecule has 1 aliphatic rings. The first kappa shape index (κ1) is 21.1. The van der Waals surface area contributed by atoms with Crippen LogP contribution in [0.3, 0.4) is 0 Å². The van der Waals surface area contributed by atoms with E-state index in [1.807, 2.05) is 12.1 Å². The number of ether oxygens (including phenoxy) is 1. The lowest BCUT2D eigenvalue weighted by atomic mass is 10.2. The first-order valence-corrected chi connectivity index (χ1v) is 9.99. The lowest BCUT2D eigenvalue weighted by Crippen LogP contribution is -2.48. The van der Waals surface area contributed by atoms with Gasteiger partial charge in [-0.05, 0) is 17.7 Å². The molecule has 0 aliphatic carbocycles.